The number of aromatic nitrogens is 2. The molecule has 124 valence electrons. The number of carbonyl (C=O) groups is 1. The molecule has 8 nitrogen and oxygen atoms in total. The fourth-order valence-electron chi connectivity index (χ4n) is 2.54. The topological polar surface area (TPSA) is 101 Å². The molecule has 1 saturated heterocycles. The van der Waals surface area contributed by atoms with Crippen molar-refractivity contribution in [3.63, 3.8) is 0 Å². The number of hydrogen-bond donors (Lipinski definition) is 1. The van der Waals surface area contributed by atoms with Crippen LogP contribution in [0.2, 0.25) is 5.02 Å². The number of anilines is 2. The van der Waals surface area contributed by atoms with Crippen LogP contribution in [0.5, 0.6) is 0 Å². The Labute approximate surface area is 142 Å². The Hall–Kier alpha value is -2.74. The van der Waals surface area contributed by atoms with Crippen LogP contribution in [0.15, 0.2) is 30.6 Å². The molecule has 1 aliphatic rings. The Kier molecular flexibility index (Phi) is 4.57. The predicted molar refractivity (Wildman–Crippen MR) is 89.5 cm³/mol. The van der Waals surface area contributed by atoms with E-state index in [1.54, 1.807) is 6.07 Å². The Balaban J connectivity index is 1.84. The molecule has 1 fully saturated rings. The zero-order valence-corrected chi connectivity index (χ0v) is 13.4. The van der Waals surface area contributed by atoms with Crippen LogP contribution in [-0.2, 0) is 0 Å². The van der Waals surface area contributed by atoms with Crippen LogP contribution in [0.1, 0.15) is 23.3 Å². The van der Waals surface area contributed by atoms with Crippen molar-refractivity contribution in [2.24, 2.45) is 0 Å². The molecule has 0 saturated carbocycles. The van der Waals surface area contributed by atoms with Crippen molar-refractivity contribution in [3.8, 4) is 0 Å². The lowest BCUT2D eigenvalue weighted by atomic mass is 10.2. The first-order valence-corrected chi connectivity index (χ1v) is 7.74. The van der Waals surface area contributed by atoms with Gasteiger partial charge in [-0.3, -0.25) is 14.9 Å². The van der Waals surface area contributed by atoms with E-state index in [-0.39, 0.29) is 22.1 Å². The van der Waals surface area contributed by atoms with Gasteiger partial charge in [-0.25, -0.2) is 9.97 Å². The van der Waals surface area contributed by atoms with E-state index in [1.807, 2.05) is 0 Å². The summed E-state index contributed by atoms with van der Waals surface area (Å²) in [5, 5.41) is 13.8. The molecule has 2 aromatic rings. The number of halogens is 1. The van der Waals surface area contributed by atoms with Gasteiger partial charge < -0.3 is 10.2 Å². The molecule has 1 amide bonds. The van der Waals surface area contributed by atoms with Gasteiger partial charge in [-0.15, -0.1) is 0 Å². The molecule has 0 radical (unpaired) electrons. The lowest BCUT2D eigenvalue weighted by Gasteiger charge is -2.16. The van der Waals surface area contributed by atoms with E-state index >= 15 is 0 Å². The smallest absolute Gasteiger partial charge is 0.292 e. The average molecular weight is 348 g/mol. The van der Waals surface area contributed by atoms with E-state index in [0.717, 1.165) is 25.9 Å². The van der Waals surface area contributed by atoms with Gasteiger partial charge in [0.1, 0.15) is 23.5 Å². The number of nitrogens with one attached hydrogen (secondary N) is 1. The van der Waals surface area contributed by atoms with Gasteiger partial charge >= 0.3 is 0 Å². The van der Waals surface area contributed by atoms with Crippen LogP contribution in [0.4, 0.5) is 17.2 Å². The summed E-state index contributed by atoms with van der Waals surface area (Å²) in [4.78, 5) is 33.1. The number of nitro groups is 1. The first kappa shape index (κ1) is 16.1. The second-order valence-electron chi connectivity index (χ2n) is 5.33. The molecule has 0 aliphatic carbocycles. The van der Waals surface area contributed by atoms with E-state index in [1.165, 1.54) is 24.5 Å². The zero-order chi connectivity index (χ0) is 17.1. The van der Waals surface area contributed by atoms with Crippen molar-refractivity contribution >= 4 is 34.7 Å². The Morgan fingerprint density at radius 3 is 2.71 bits per heavy atom. The maximum absolute atomic E-state index is 12.4. The summed E-state index contributed by atoms with van der Waals surface area (Å²) in [6, 6.07) is 5.55. The summed E-state index contributed by atoms with van der Waals surface area (Å²) in [5.41, 5.74) is -0.0680. The second-order valence-corrected chi connectivity index (χ2v) is 5.76. The molecule has 3 rings (SSSR count). The quantitative estimate of drug-likeness (QED) is 0.674. The van der Waals surface area contributed by atoms with Crippen molar-refractivity contribution in [1.82, 2.24) is 9.97 Å². The predicted octanol–water partition coefficient (Wildman–Crippen LogP) is 2.89. The van der Waals surface area contributed by atoms with Gasteiger partial charge in [0, 0.05) is 30.2 Å². The minimum atomic E-state index is -0.582. The molecule has 0 bridgehead atoms. The Morgan fingerprint density at radius 2 is 2.00 bits per heavy atom. The summed E-state index contributed by atoms with van der Waals surface area (Å²) in [6.07, 6.45) is 3.48. The summed E-state index contributed by atoms with van der Waals surface area (Å²) < 4.78 is 0. The minimum absolute atomic E-state index is 0.0267. The van der Waals surface area contributed by atoms with Gasteiger partial charge in [-0.2, -0.15) is 0 Å². The highest BCUT2D eigenvalue weighted by molar-refractivity contribution is 6.31. The maximum Gasteiger partial charge on any atom is 0.292 e. The van der Waals surface area contributed by atoms with Gasteiger partial charge in [0.05, 0.1) is 4.92 Å². The molecule has 24 heavy (non-hydrogen) atoms. The fraction of sp³-hybridized carbons (Fsp3) is 0.267. The summed E-state index contributed by atoms with van der Waals surface area (Å²) >= 11 is 5.86. The monoisotopic (exact) mass is 347 g/mol. The zero-order valence-electron chi connectivity index (χ0n) is 12.6. The number of hydrogen-bond acceptors (Lipinski definition) is 6. The molecular formula is C15H14ClN5O3. The van der Waals surface area contributed by atoms with Crippen LogP contribution < -0.4 is 10.2 Å². The van der Waals surface area contributed by atoms with Crippen molar-refractivity contribution in [2.45, 2.75) is 12.8 Å². The maximum atomic E-state index is 12.4. The minimum Gasteiger partial charge on any atom is -0.357 e. The van der Waals surface area contributed by atoms with Crippen molar-refractivity contribution in [3.05, 3.63) is 51.4 Å². The van der Waals surface area contributed by atoms with Gasteiger partial charge in [-0.1, -0.05) is 11.6 Å². The van der Waals surface area contributed by atoms with Crippen LogP contribution in [0.25, 0.3) is 0 Å². The third-order valence-electron chi connectivity index (χ3n) is 3.72. The number of amides is 1. The van der Waals surface area contributed by atoms with E-state index < -0.39 is 10.8 Å². The van der Waals surface area contributed by atoms with E-state index in [4.69, 9.17) is 11.6 Å². The van der Waals surface area contributed by atoms with Crippen molar-refractivity contribution < 1.29 is 9.72 Å². The fourth-order valence-corrected chi connectivity index (χ4v) is 2.72. The van der Waals surface area contributed by atoms with E-state index in [0.29, 0.717) is 5.82 Å². The number of rotatable bonds is 4. The van der Waals surface area contributed by atoms with Crippen molar-refractivity contribution in [1.29, 1.82) is 0 Å². The highest BCUT2D eigenvalue weighted by Crippen LogP contribution is 2.28. The lowest BCUT2D eigenvalue weighted by molar-refractivity contribution is -0.383. The van der Waals surface area contributed by atoms with Gasteiger partial charge in [0.25, 0.3) is 11.6 Å². The summed E-state index contributed by atoms with van der Waals surface area (Å²) in [7, 11) is 0. The first-order chi connectivity index (χ1) is 11.5. The molecule has 0 spiro atoms. The summed E-state index contributed by atoms with van der Waals surface area (Å²) in [6.45, 7) is 1.77. The normalized spacial score (nSPS) is 13.8. The van der Waals surface area contributed by atoms with Gasteiger partial charge in [0.15, 0.2) is 0 Å². The number of nitrogens with zero attached hydrogens (tertiary/aromatic N) is 4. The number of carbonyl (C=O) groups excluding carboxylic acids is 1. The lowest BCUT2D eigenvalue weighted by Crippen LogP contribution is -2.21. The molecule has 1 aromatic heterocycles. The molecule has 2 heterocycles. The van der Waals surface area contributed by atoms with Crippen LogP contribution in [0, 0.1) is 10.1 Å². The molecule has 0 atom stereocenters. The number of nitro benzene ring substituents is 1. The third-order valence-corrected chi connectivity index (χ3v) is 3.95. The molecule has 1 aromatic carbocycles. The largest absolute Gasteiger partial charge is 0.357 e. The standard InChI is InChI=1S/C15H14ClN5O3/c16-10-3-4-13(21(23)24)11(7-10)19-15(22)12-8-14(18-9-17-12)20-5-1-2-6-20/h3-4,7-9H,1-2,5-6H2,(H,19,22). The Bertz CT molecular complexity index is 792. The first-order valence-electron chi connectivity index (χ1n) is 7.37. The molecule has 1 aliphatic heterocycles. The molecule has 0 unspecified atom stereocenters. The molecule has 9 heteroatoms. The Morgan fingerprint density at radius 1 is 1.25 bits per heavy atom. The third kappa shape index (κ3) is 3.43. The van der Waals surface area contributed by atoms with Crippen LogP contribution in [0.3, 0.4) is 0 Å². The van der Waals surface area contributed by atoms with E-state index in [9.17, 15) is 14.9 Å². The van der Waals surface area contributed by atoms with E-state index in [2.05, 4.69) is 20.2 Å². The highest BCUT2D eigenvalue weighted by atomic mass is 35.5. The van der Waals surface area contributed by atoms with Gasteiger partial charge in [-0.05, 0) is 25.0 Å². The summed E-state index contributed by atoms with van der Waals surface area (Å²) in [5.74, 6) is 0.122. The highest BCUT2D eigenvalue weighted by Gasteiger charge is 2.20. The van der Waals surface area contributed by atoms with Gasteiger partial charge in [0.2, 0.25) is 0 Å². The molecular weight excluding hydrogens is 334 g/mol. The SMILES string of the molecule is O=C(Nc1cc(Cl)ccc1[N+](=O)[O-])c1cc(N2CCCC2)ncn1. The van der Waals surface area contributed by atoms with Crippen LogP contribution >= 0.6 is 11.6 Å². The molecule has 1 N–H and O–H groups in total. The van der Waals surface area contributed by atoms with Crippen LogP contribution in [-0.4, -0.2) is 33.9 Å². The second kappa shape index (κ2) is 6.79. The van der Waals surface area contributed by atoms with Crippen molar-refractivity contribution in [2.75, 3.05) is 23.3 Å². The average Bonchev–Trinajstić information content (AvgIpc) is 3.09. The number of benzene rings is 1.